The van der Waals surface area contributed by atoms with E-state index in [4.69, 9.17) is 0 Å². The largest absolute Gasteiger partial charge is 0.289 e. The van der Waals surface area contributed by atoms with Crippen LogP contribution in [0.15, 0.2) is 65.7 Å². The van der Waals surface area contributed by atoms with Crippen molar-refractivity contribution in [3.8, 4) is 16.8 Å². The maximum absolute atomic E-state index is 11.7. The third kappa shape index (κ3) is 2.11. The number of aromatic amines is 1. The lowest BCUT2D eigenvalue weighted by molar-refractivity contribution is -0.110. The van der Waals surface area contributed by atoms with E-state index in [2.05, 4.69) is 37.1 Å². The van der Waals surface area contributed by atoms with Gasteiger partial charge >= 0.3 is 0 Å². The topological polar surface area (TPSA) is 63.6 Å². The Labute approximate surface area is 150 Å². The summed E-state index contributed by atoms with van der Waals surface area (Å²) in [6, 6.07) is 8.17. The first-order valence-corrected chi connectivity index (χ1v) is 8.53. The van der Waals surface area contributed by atoms with Crippen molar-refractivity contribution in [3.05, 3.63) is 70.9 Å². The molecular formula is C19H11BrN4O. The highest BCUT2D eigenvalue weighted by Gasteiger charge is 2.17. The van der Waals surface area contributed by atoms with Crippen molar-refractivity contribution in [2.45, 2.75) is 0 Å². The highest BCUT2D eigenvalue weighted by Crippen LogP contribution is 2.32. The number of nitrogens with zero attached hydrogens (tertiary/aromatic N) is 3. The van der Waals surface area contributed by atoms with E-state index in [9.17, 15) is 4.79 Å². The van der Waals surface area contributed by atoms with Crippen LogP contribution in [0.5, 0.6) is 0 Å². The lowest BCUT2D eigenvalue weighted by atomic mass is 10.0. The predicted octanol–water partition coefficient (Wildman–Crippen LogP) is 3.14. The zero-order valence-corrected chi connectivity index (χ0v) is 14.5. The number of carbonyl (C=O) groups excluding carboxylic acids is 1. The average molecular weight is 391 g/mol. The molecule has 0 bridgehead atoms. The number of rotatable bonds is 0. The second-order valence-electron chi connectivity index (χ2n) is 5.84. The smallest absolute Gasteiger partial charge is 0.192 e. The summed E-state index contributed by atoms with van der Waals surface area (Å²) in [5, 5.41) is 4.17. The van der Waals surface area contributed by atoms with Crippen LogP contribution < -0.4 is 5.22 Å². The van der Waals surface area contributed by atoms with E-state index in [0.717, 1.165) is 38.6 Å². The molecule has 1 N–H and O–H groups in total. The monoisotopic (exact) mass is 390 g/mol. The highest BCUT2D eigenvalue weighted by atomic mass is 79.9. The van der Waals surface area contributed by atoms with Gasteiger partial charge in [-0.05, 0) is 45.8 Å². The van der Waals surface area contributed by atoms with Crippen molar-refractivity contribution < 1.29 is 4.79 Å². The van der Waals surface area contributed by atoms with Crippen LogP contribution >= 0.6 is 15.9 Å². The van der Waals surface area contributed by atoms with Crippen molar-refractivity contribution in [1.29, 1.82) is 0 Å². The van der Waals surface area contributed by atoms with Gasteiger partial charge in [-0.15, -0.1) is 0 Å². The lowest BCUT2D eigenvalue weighted by Gasteiger charge is -2.10. The third-order valence-corrected chi connectivity index (χ3v) is 5.04. The van der Waals surface area contributed by atoms with Crippen molar-refractivity contribution >= 4 is 38.3 Å². The molecule has 0 fully saturated rings. The van der Waals surface area contributed by atoms with Crippen molar-refractivity contribution in [3.63, 3.8) is 0 Å². The number of nitrogens with one attached hydrogen (secondary N) is 1. The number of carbonyl (C=O) groups is 1. The molecule has 5 nitrogen and oxygen atoms in total. The van der Waals surface area contributed by atoms with E-state index < -0.39 is 0 Å². The summed E-state index contributed by atoms with van der Waals surface area (Å²) >= 11 is 3.33. The SMILES string of the molecule is O=C1C=C/C(=c2\ccc3c4c2ncc-4ccc2cnc[nH]n3-2)C=C1Br. The first kappa shape index (κ1) is 14.4. The van der Waals surface area contributed by atoms with Crippen LogP contribution in [-0.4, -0.2) is 25.5 Å². The number of hydrogen-bond acceptors (Lipinski definition) is 3. The second-order valence-corrected chi connectivity index (χ2v) is 6.70. The fourth-order valence-electron chi connectivity index (χ4n) is 3.25. The summed E-state index contributed by atoms with van der Waals surface area (Å²) in [6.45, 7) is 0. The summed E-state index contributed by atoms with van der Waals surface area (Å²) in [5.74, 6) is -0.0276. The van der Waals surface area contributed by atoms with Crippen LogP contribution in [0.4, 0.5) is 0 Å². The molecule has 0 saturated heterocycles. The van der Waals surface area contributed by atoms with Gasteiger partial charge in [-0.2, -0.15) is 0 Å². The standard InChI is InChI=1S/C19H11BrN4O/c20-15-7-11(2-6-17(15)25)14-4-5-16-18-12(8-22-19(14)18)1-3-13-9-21-10-23-24(13)16/h1-10H,(H,21,23)/b14-11-. The van der Waals surface area contributed by atoms with Crippen molar-refractivity contribution in [2.24, 2.45) is 0 Å². The minimum absolute atomic E-state index is 0.0276. The molecule has 120 valence electrons. The third-order valence-electron chi connectivity index (χ3n) is 4.42. The zero-order chi connectivity index (χ0) is 17.0. The molecule has 0 aromatic heterocycles. The van der Waals surface area contributed by atoms with Gasteiger partial charge in [0, 0.05) is 22.5 Å². The fourth-order valence-corrected chi connectivity index (χ4v) is 3.63. The molecule has 0 unspecified atom stereocenters. The van der Waals surface area contributed by atoms with E-state index in [1.165, 1.54) is 0 Å². The molecule has 1 aromatic carbocycles. The first-order valence-electron chi connectivity index (χ1n) is 7.74. The average Bonchev–Trinajstić information content (AvgIpc) is 2.99. The Hall–Kier alpha value is -2.99. The van der Waals surface area contributed by atoms with Gasteiger partial charge < -0.3 is 0 Å². The van der Waals surface area contributed by atoms with E-state index in [1.807, 2.05) is 47.4 Å². The Bertz CT molecular complexity index is 1230. The Kier molecular flexibility index (Phi) is 3.02. The molecule has 4 aliphatic rings. The number of hydrogen-bond donors (Lipinski definition) is 1. The number of halogens is 1. The van der Waals surface area contributed by atoms with Crippen LogP contribution in [0, 0.1) is 0 Å². The molecule has 0 spiro atoms. The quantitative estimate of drug-likeness (QED) is 0.501. The summed E-state index contributed by atoms with van der Waals surface area (Å²) in [7, 11) is 0. The molecule has 1 aromatic rings. The van der Waals surface area contributed by atoms with Gasteiger partial charge in [-0.25, -0.2) is 4.98 Å². The maximum atomic E-state index is 11.7. The van der Waals surface area contributed by atoms with Gasteiger partial charge in [-0.3, -0.25) is 19.6 Å². The molecule has 0 atom stereocenters. The summed E-state index contributed by atoms with van der Waals surface area (Å²) in [4.78, 5) is 20.5. The molecule has 25 heavy (non-hydrogen) atoms. The maximum Gasteiger partial charge on any atom is 0.192 e. The first-order chi connectivity index (χ1) is 12.2. The Morgan fingerprint density at radius 3 is 2.88 bits per heavy atom. The Morgan fingerprint density at radius 1 is 1.08 bits per heavy atom. The van der Waals surface area contributed by atoms with E-state index >= 15 is 0 Å². The van der Waals surface area contributed by atoms with Crippen LogP contribution in [0.1, 0.15) is 0 Å². The van der Waals surface area contributed by atoms with E-state index in [1.54, 1.807) is 12.4 Å². The lowest BCUT2D eigenvalue weighted by Crippen LogP contribution is -2.11. The Balaban J connectivity index is 1.93. The molecule has 6 heteroatoms. The van der Waals surface area contributed by atoms with Gasteiger partial charge in [-0.1, -0.05) is 18.2 Å². The van der Waals surface area contributed by atoms with Crippen LogP contribution in [0.2, 0.25) is 0 Å². The minimum Gasteiger partial charge on any atom is -0.289 e. The van der Waals surface area contributed by atoms with Gasteiger partial charge in [0.15, 0.2) is 5.78 Å². The summed E-state index contributed by atoms with van der Waals surface area (Å²) in [5.41, 5.74) is 5.98. The highest BCUT2D eigenvalue weighted by molar-refractivity contribution is 9.12. The molecule has 5 rings (SSSR count). The van der Waals surface area contributed by atoms with Crippen molar-refractivity contribution in [1.82, 2.24) is 19.7 Å². The predicted molar refractivity (Wildman–Crippen MR) is 99.6 cm³/mol. The summed E-state index contributed by atoms with van der Waals surface area (Å²) in [6.07, 6.45) is 10.6. The van der Waals surface area contributed by atoms with Crippen LogP contribution in [-0.2, 0) is 4.79 Å². The molecule has 0 amide bonds. The zero-order valence-electron chi connectivity index (χ0n) is 12.9. The fraction of sp³-hybridized carbons (Fsp3) is 0. The molecule has 0 radical (unpaired) electrons. The number of benzene rings is 1. The second kappa shape index (κ2) is 5.26. The number of allylic oxidation sites excluding steroid dienone is 4. The summed E-state index contributed by atoms with van der Waals surface area (Å²) < 4.78 is 2.54. The number of ketones is 1. The normalized spacial score (nSPS) is 16.8. The van der Waals surface area contributed by atoms with Crippen LogP contribution in [0.3, 0.4) is 0 Å². The van der Waals surface area contributed by atoms with Gasteiger partial charge in [0.25, 0.3) is 0 Å². The van der Waals surface area contributed by atoms with E-state index in [-0.39, 0.29) is 5.78 Å². The van der Waals surface area contributed by atoms with Gasteiger partial charge in [0.2, 0.25) is 0 Å². The van der Waals surface area contributed by atoms with Crippen LogP contribution in [0.25, 0.3) is 33.4 Å². The molecular weight excluding hydrogens is 380 g/mol. The van der Waals surface area contributed by atoms with E-state index in [0.29, 0.717) is 4.48 Å². The number of fused-ring (bicyclic) bond motifs is 2. The molecule has 3 aliphatic heterocycles. The molecule has 3 heterocycles. The molecule has 1 aliphatic carbocycles. The number of aromatic nitrogens is 4. The molecule has 0 saturated carbocycles. The number of H-pyrrole nitrogens is 1. The minimum atomic E-state index is -0.0276. The Morgan fingerprint density at radius 2 is 2.00 bits per heavy atom. The van der Waals surface area contributed by atoms with Crippen molar-refractivity contribution in [2.75, 3.05) is 0 Å². The van der Waals surface area contributed by atoms with Gasteiger partial charge in [0.1, 0.15) is 6.33 Å². The van der Waals surface area contributed by atoms with Gasteiger partial charge in [0.05, 0.1) is 27.4 Å².